The third kappa shape index (κ3) is 7.07. The summed E-state index contributed by atoms with van der Waals surface area (Å²) in [6.07, 6.45) is -3.21. The van der Waals surface area contributed by atoms with Gasteiger partial charge in [-0.25, -0.2) is 0 Å². The lowest BCUT2D eigenvalue weighted by atomic mass is 10.1. The fourth-order valence-electron chi connectivity index (χ4n) is 2.77. The van der Waals surface area contributed by atoms with Crippen LogP contribution in [0.2, 0.25) is 0 Å². The van der Waals surface area contributed by atoms with Crippen molar-refractivity contribution >= 4 is 63.1 Å². The molecule has 0 saturated carbocycles. The molecule has 0 spiro atoms. The number of thioether (sulfide) groups is 2. The van der Waals surface area contributed by atoms with Gasteiger partial charge in [-0.3, -0.25) is 25.0 Å². The average Bonchev–Trinajstić information content (AvgIpc) is 3.37. The molecule has 35 heavy (non-hydrogen) atoms. The van der Waals surface area contributed by atoms with Crippen LogP contribution in [0.4, 0.5) is 23.1 Å². The SMILES string of the molecule is O=C1NC(=O)/C(=C\c2ccc(C(=O)Nc3nnc(SCc4cccc(OC(F)(F)F)c4)s3)cc2)S1. The number of rotatable bonds is 7. The second kappa shape index (κ2) is 10.5. The Morgan fingerprint density at radius 1 is 1.14 bits per heavy atom. The Hall–Kier alpha value is -3.36. The Bertz CT molecular complexity index is 1310. The zero-order chi connectivity index (χ0) is 25.0. The molecule has 0 aliphatic carbocycles. The highest BCUT2D eigenvalue weighted by Gasteiger charge is 2.31. The Labute approximate surface area is 208 Å². The van der Waals surface area contributed by atoms with Crippen LogP contribution in [0, 0.1) is 0 Å². The number of anilines is 1. The molecule has 4 rings (SSSR count). The number of hydrogen-bond acceptors (Lipinski definition) is 9. The van der Waals surface area contributed by atoms with Crippen molar-refractivity contribution in [3.63, 3.8) is 0 Å². The maximum absolute atomic E-state index is 12.5. The van der Waals surface area contributed by atoms with Crippen molar-refractivity contribution in [3.05, 3.63) is 70.1 Å². The van der Waals surface area contributed by atoms with Gasteiger partial charge in [0.1, 0.15) is 5.75 Å². The molecular formula is C21H13F3N4O4S3. The van der Waals surface area contributed by atoms with E-state index in [2.05, 4.69) is 25.6 Å². The van der Waals surface area contributed by atoms with Crippen molar-refractivity contribution in [2.45, 2.75) is 16.5 Å². The van der Waals surface area contributed by atoms with E-state index in [1.165, 1.54) is 30.0 Å². The number of benzene rings is 2. The molecule has 1 aliphatic rings. The Morgan fingerprint density at radius 3 is 2.60 bits per heavy atom. The van der Waals surface area contributed by atoms with E-state index in [0.29, 0.717) is 26.8 Å². The molecule has 3 amide bonds. The van der Waals surface area contributed by atoms with E-state index in [9.17, 15) is 27.6 Å². The van der Waals surface area contributed by atoms with Crippen molar-refractivity contribution in [3.8, 4) is 5.75 Å². The van der Waals surface area contributed by atoms with Gasteiger partial charge in [0.05, 0.1) is 4.91 Å². The lowest BCUT2D eigenvalue weighted by Gasteiger charge is -2.09. The standard InChI is InChI=1S/C21H13F3N4O4S3/c22-21(23,24)32-14-3-1-2-12(8-14)10-33-20-28-27-18(35-20)25-16(29)13-6-4-11(5-7-13)9-15-17(30)26-19(31)34-15/h1-9H,10H2,(H,25,27,29)(H,26,30,31)/b15-9+. The zero-order valence-electron chi connectivity index (χ0n) is 17.3. The summed E-state index contributed by atoms with van der Waals surface area (Å²) in [5.74, 6) is -0.857. The van der Waals surface area contributed by atoms with Gasteiger partial charge in [0.15, 0.2) is 4.34 Å². The van der Waals surface area contributed by atoms with Gasteiger partial charge >= 0.3 is 6.36 Å². The molecule has 0 bridgehead atoms. The number of carbonyl (C=O) groups excluding carboxylic acids is 3. The van der Waals surface area contributed by atoms with Crippen LogP contribution in [-0.2, 0) is 10.5 Å². The first-order valence-corrected chi connectivity index (χ1v) is 12.2. The van der Waals surface area contributed by atoms with Crippen LogP contribution in [0.5, 0.6) is 5.75 Å². The minimum atomic E-state index is -4.76. The molecule has 0 atom stereocenters. The van der Waals surface area contributed by atoms with Gasteiger partial charge in [-0.1, -0.05) is 47.4 Å². The van der Waals surface area contributed by atoms with Crippen molar-refractivity contribution in [2.24, 2.45) is 0 Å². The molecule has 180 valence electrons. The molecule has 1 aliphatic heterocycles. The lowest BCUT2D eigenvalue weighted by molar-refractivity contribution is -0.274. The lowest BCUT2D eigenvalue weighted by Crippen LogP contribution is -2.17. The molecule has 0 unspecified atom stereocenters. The first kappa shape index (κ1) is 24.8. The molecular weight excluding hydrogens is 525 g/mol. The van der Waals surface area contributed by atoms with E-state index in [0.717, 1.165) is 23.1 Å². The number of halogens is 3. The number of carbonyl (C=O) groups is 3. The predicted molar refractivity (Wildman–Crippen MR) is 126 cm³/mol. The summed E-state index contributed by atoms with van der Waals surface area (Å²) >= 11 is 3.18. The smallest absolute Gasteiger partial charge is 0.406 e. The minimum Gasteiger partial charge on any atom is -0.406 e. The highest BCUT2D eigenvalue weighted by molar-refractivity contribution is 8.18. The van der Waals surface area contributed by atoms with E-state index < -0.39 is 23.4 Å². The van der Waals surface area contributed by atoms with E-state index in [1.807, 2.05) is 0 Å². The summed E-state index contributed by atoms with van der Waals surface area (Å²) in [6, 6.07) is 12.0. The van der Waals surface area contributed by atoms with E-state index in [-0.39, 0.29) is 15.8 Å². The summed E-state index contributed by atoms with van der Waals surface area (Å²) in [5, 5.41) is 12.5. The monoisotopic (exact) mass is 538 g/mol. The summed E-state index contributed by atoms with van der Waals surface area (Å²) in [4.78, 5) is 35.6. The second-order valence-electron chi connectivity index (χ2n) is 6.79. The normalized spacial score (nSPS) is 14.8. The third-order valence-corrected chi connectivity index (χ3v) is 7.09. The first-order valence-electron chi connectivity index (χ1n) is 9.62. The molecule has 0 radical (unpaired) electrons. The molecule has 1 saturated heterocycles. The largest absolute Gasteiger partial charge is 0.573 e. The van der Waals surface area contributed by atoms with Crippen molar-refractivity contribution in [2.75, 3.05) is 5.32 Å². The first-order chi connectivity index (χ1) is 16.6. The minimum absolute atomic E-state index is 0.260. The summed E-state index contributed by atoms with van der Waals surface area (Å²) in [7, 11) is 0. The van der Waals surface area contributed by atoms with Gasteiger partial charge in [0.2, 0.25) is 5.13 Å². The van der Waals surface area contributed by atoms with Crippen LogP contribution in [0.15, 0.2) is 57.8 Å². The molecule has 14 heteroatoms. The summed E-state index contributed by atoms with van der Waals surface area (Å²) < 4.78 is 41.6. The van der Waals surface area contributed by atoms with Crippen LogP contribution < -0.4 is 15.4 Å². The Balaban J connectivity index is 1.32. The van der Waals surface area contributed by atoms with Crippen LogP contribution in [-0.4, -0.2) is 33.6 Å². The molecule has 1 fully saturated rings. The summed E-state index contributed by atoms with van der Waals surface area (Å²) in [5.41, 5.74) is 1.59. The second-order valence-corrected chi connectivity index (χ2v) is 10.0. The maximum Gasteiger partial charge on any atom is 0.573 e. The third-order valence-electron chi connectivity index (χ3n) is 4.23. The number of imide groups is 1. The van der Waals surface area contributed by atoms with Gasteiger partial charge in [0, 0.05) is 11.3 Å². The molecule has 3 aromatic rings. The molecule has 2 aromatic carbocycles. The Morgan fingerprint density at radius 2 is 1.91 bits per heavy atom. The number of ether oxygens (including phenoxy) is 1. The fraction of sp³-hybridized carbons (Fsp3) is 0.0952. The van der Waals surface area contributed by atoms with Crippen molar-refractivity contribution < 1.29 is 32.3 Å². The number of amides is 3. The predicted octanol–water partition coefficient (Wildman–Crippen LogP) is 5.31. The number of hydrogen-bond donors (Lipinski definition) is 2. The average molecular weight is 539 g/mol. The van der Waals surface area contributed by atoms with E-state index >= 15 is 0 Å². The summed E-state index contributed by atoms with van der Waals surface area (Å²) in [6.45, 7) is 0. The molecule has 2 N–H and O–H groups in total. The van der Waals surface area contributed by atoms with Crippen LogP contribution in [0.3, 0.4) is 0 Å². The topological polar surface area (TPSA) is 110 Å². The number of aromatic nitrogens is 2. The quantitative estimate of drug-likeness (QED) is 0.237. The molecule has 8 nitrogen and oxygen atoms in total. The number of nitrogens with zero attached hydrogens (tertiary/aromatic N) is 2. The zero-order valence-corrected chi connectivity index (χ0v) is 19.7. The van der Waals surface area contributed by atoms with Gasteiger partial charge in [-0.05, 0) is 53.2 Å². The van der Waals surface area contributed by atoms with Gasteiger partial charge in [-0.15, -0.1) is 23.4 Å². The van der Waals surface area contributed by atoms with Crippen molar-refractivity contribution in [1.82, 2.24) is 15.5 Å². The van der Waals surface area contributed by atoms with Crippen LogP contribution in [0.1, 0.15) is 21.5 Å². The van der Waals surface area contributed by atoms with E-state index in [1.54, 1.807) is 36.4 Å². The van der Waals surface area contributed by atoms with Gasteiger partial charge < -0.3 is 4.74 Å². The van der Waals surface area contributed by atoms with Crippen molar-refractivity contribution in [1.29, 1.82) is 0 Å². The number of alkyl halides is 3. The van der Waals surface area contributed by atoms with Crippen LogP contribution >= 0.6 is 34.9 Å². The van der Waals surface area contributed by atoms with E-state index in [4.69, 9.17) is 0 Å². The Kier molecular flexibility index (Phi) is 7.42. The highest BCUT2D eigenvalue weighted by atomic mass is 32.2. The number of nitrogens with one attached hydrogen (secondary N) is 2. The van der Waals surface area contributed by atoms with Gasteiger partial charge in [-0.2, -0.15) is 0 Å². The fourth-order valence-corrected chi connectivity index (χ4v) is 5.14. The molecule has 1 aromatic heterocycles. The highest BCUT2D eigenvalue weighted by Crippen LogP contribution is 2.31. The maximum atomic E-state index is 12.5. The van der Waals surface area contributed by atoms with Crippen LogP contribution in [0.25, 0.3) is 6.08 Å². The van der Waals surface area contributed by atoms with Gasteiger partial charge in [0.25, 0.3) is 17.1 Å². The molecule has 2 heterocycles.